The fourth-order valence-electron chi connectivity index (χ4n) is 4.16. The lowest BCUT2D eigenvalue weighted by atomic mass is 10.1. The third kappa shape index (κ3) is 2.37. The van der Waals surface area contributed by atoms with Crippen molar-refractivity contribution in [2.75, 3.05) is 13.6 Å². The number of carbonyl (C=O) groups is 2. The molecule has 0 aromatic heterocycles. The molecule has 1 saturated heterocycles. The predicted octanol–water partition coefficient (Wildman–Crippen LogP) is 2.34. The molecule has 0 radical (unpaired) electrons. The minimum atomic E-state index is -0.502. The molecule has 27 heavy (non-hydrogen) atoms. The Labute approximate surface area is 159 Å². The number of hydrogen-bond donors (Lipinski definition) is 0. The molecule has 0 saturated carbocycles. The molecule has 3 aliphatic rings. The van der Waals surface area contributed by atoms with E-state index in [9.17, 15) is 9.59 Å². The summed E-state index contributed by atoms with van der Waals surface area (Å²) in [6.45, 7) is 9.16. The van der Waals surface area contributed by atoms with Gasteiger partial charge in [0.15, 0.2) is 12.2 Å². The van der Waals surface area contributed by atoms with Crippen LogP contribution in [-0.2, 0) is 11.3 Å². The third-order valence-electron chi connectivity index (χ3n) is 5.91. The Morgan fingerprint density at radius 1 is 1.04 bits per heavy atom. The number of amides is 3. The van der Waals surface area contributed by atoms with Crippen LogP contribution in [0.2, 0.25) is 0 Å². The molecule has 1 fully saturated rings. The second-order valence-corrected chi connectivity index (χ2v) is 7.32. The number of carbonyl (C=O) groups excluding carboxylic acids is 2. The van der Waals surface area contributed by atoms with Crippen LogP contribution in [0.1, 0.15) is 31.9 Å². The van der Waals surface area contributed by atoms with Crippen LogP contribution in [0.4, 0.5) is 4.79 Å². The maximum atomic E-state index is 13.4. The second-order valence-electron chi connectivity index (χ2n) is 7.32. The van der Waals surface area contributed by atoms with Gasteiger partial charge in [0.25, 0.3) is 5.91 Å². The van der Waals surface area contributed by atoms with Crippen molar-refractivity contribution in [3.63, 3.8) is 0 Å². The zero-order valence-corrected chi connectivity index (χ0v) is 16.4. The number of hydrogen-bond acceptors (Lipinski definition) is 5. The number of guanidine groups is 1. The monoisotopic (exact) mass is 367 g/mol. The van der Waals surface area contributed by atoms with Crippen molar-refractivity contribution >= 4 is 17.9 Å². The molecular formula is C20H25N5O2. The van der Waals surface area contributed by atoms with Crippen molar-refractivity contribution in [3.05, 3.63) is 46.8 Å². The van der Waals surface area contributed by atoms with Crippen molar-refractivity contribution in [3.8, 4) is 0 Å². The molecule has 4 rings (SSSR count). The first-order chi connectivity index (χ1) is 12.9. The first-order valence-corrected chi connectivity index (χ1v) is 9.31. The van der Waals surface area contributed by atoms with Gasteiger partial charge in [0, 0.05) is 25.0 Å². The maximum Gasteiger partial charge on any atom is 0.328 e. The van der Waals surface area contributed by atoms with Gasteiger partial charge < -0.3 is 9.80 Å². The molecule has 7 heteroatoms. The highest BCUT2D eigenvalue weighted by Crippen LogP contribution is 2.37. The summed E-state index contributed by atoms with van der Waals surface area (Å²) in [5.41, 5.74) is 4.17. The standard InChI is InChI=1S/C20H25N5O2/c1-6-23-13(3)14(4)25-16-17(21-19(23)25)22(5)20(27)24(18(16)26)11-15-10-8-7-9-12(15)2/h7-10,16-17H,6,11H2,1-5H3. The third-order valence-corrected chi connectivity index (χ3v) is 5.91. The van der Waals surface area contributed by atoms with E-state index in [2.05, 4.69) is 11.8 Å². The van der Waals surface area contributed by atoms with Gasteiger partial charge in [0.2, 0.25) is 5.96 Å². The Bertz CT molecular complexity index is 890. The van der Waals surface area contributed by atoms with Crippen LogP contribution in [0.25, 0.3) is 0 Å². The Kier molecular flexibility index (Phi) is 3.98. The molecule has 142 valence electrons. The van der Waals surface area contributed by atoms with Crippen LogP contribution >= 0.6 is 0 Å². The van der Waals surface area contributed by atoms with Crippen molar-refractivity contribution in [2.45, 2.75) is 46.4 Å². The van der Waals surface area contributed by atoms with Crippen molar-refractivity contribution in [2.24, 2.45) is 4.99 Å². The molecule has 3 heterocycles. The van der Waals surface area contributed by atoms with E-state index in [1.54, 1.807) is 11.9 Å². The largest absolute Gasteiger partial charge is 0.328 e. The number of benzene rings is 1. The fraction of sp³-hybridized carbons (Fsp3) is 0.450. The van der Waals surface area contributed by atoms with Gasteiger partial charge in [-0.15, -0.1) is 0 Å². The maximum absolute atomic E-state index is 13.4. The Hall–Kier alpha value is -2.83. The smallest absolute Gasteiger partial charge is 0.315 e. The number of imide groups is 1. The van der Waals surface area contributed by atoms with E-state index in [1.807, 2.05) is 49.9 Å². The molecule has 0 spiro atoms. The highest BCUT2D eigenvalue weighted by molar-refractivity contribution is 6.05. The zero-order chi connectivity index (χ0) is 19.5. The molecule has 2 atom stereocenters. The van der Waals surface area contributed by atoms with Gasteiger partial charge in [-0.2, -0.15) is 0 Å². The van der Waals surface area contributed by atoms with Gasteiger partial charge in [-0.05, 0) is 38.8 Å². The van der Waals surface area contributed by atoms with E-state index in [-0.39, 0.29) is 18.5 Å². The van der Waals surface area contributed by atoms with Gasteiger partial charge in [0.1, 0.15) is 0 Å². The van der Waals surface area contributed by atoms with Gasteiger partial charge in [-0.1, -0.05) is 24.3 Å². The van der Waals surface area contributed by atoms with E-state index in [4.69, 9.17) is 4.99 Å². The fourth-order valence-corrected chi connectivity index (χ4v) is 4.16. The lowest BCUT2D eigenvalue weighted by molar-refractivity contribution is -0.137. The number of likely N-dealkylation sites (N-methyl/N-ethyl adjacent to an activating group) is 1. The van der Waals surface area contributed by atoms with Crippen LogP contribution in [0.3, 0.4) is 0 Å². The summed E-state index contributed by atoms with van der Waals surface area (Å²) in [7, 11) is 1.73. The van der Waals surface area contributed by atoms with Crippen LogP contribution in [0.5, 0.6) is 0 Å². The molecule has 2 unspecified atom stereocenters. The molecule has 0 aliphatic carbocycles. The van der Waals surface area contributed by atoms with Gasteiger partial charge in [-0.3, -0.25) is 14.6 Å². The van der Waals surface area contributed by atoms with Crippen LogP contribution in [0.15, 0.2) is 40.7 Å². The average Bonchev–Trinajstić information content (AvgIpc) is 3.14. The molecular weight excluding hydrogens is 342 g/mol. The highest BCUT2D eigenvalue weighted by Gasteiger charge is 2.55. The Balaban J connectivity index is 1.70. The van der Waals surface area contributed by atoms with Crippen LogP contribution < -0.4 is 0 Å². The van der Waals surface area contributed by atoms with E-state index >= 15 is 0 Å². The highest BCUT2D eigenvalue weighted by atomic mass is 16.2. The second kappa shape index (κ2) is 6.11. The van der Waals surface area contributed by atoms with Crippen molar-refractivity contribution in [1.29, 1.82) is 0 Å². The summed E-state index contributed by atoms with van der Waals surface area (Å²) < 4.78 is 0. The van der Waals surface area contributed by atoms with E-state index in [1.165, 1.54) is 4.90 Å². The molecule has 0 bridgehead atoms. The normalized spacial score (nSPS) is 24.7. The Morgan fingerprint density at radius 3 is 2.41 bits per heavy atom. The van der Waals surface area contributed by atoms with Crippen LogP contribution in [-0.4, -0.2) is 63.3 Å². The zero-order valence-electron chi connectivity index (χ0n) is 16.4. The summed E-state index contributed by atoms with van der Waals surface area (Å²) in [5, 5.41) is 0. The molecule has 1 aromatic carbocycles. The Morgan fingerprint density at radius 2 is 1.74 bits per heavy atom. The number of rotatable bonds is 3. The predicted molar refractivity (Wildman–Crippen MR) is 102 cm³/mol. The minimum Gasteiger partial charge on any atom is -0.315 e. The number of fused-ring (bicyclic) bond motifs is 3. The first kappa shape index (κ1) is 17.6. The van der Waals surface area contributed by atoms with E-state index in [0.717, 1.165) is 35.0 Å². The number of aryl methyl sites for hydroxylation is 1. The number of allylic oxidation sites excluding steroid dienone is 2. The van der Waals surface area contributed by atoms with E-state index < -0.39 is 12.2 Å². The van der Waals surface area contributed by atoms with Crippen LogP contribution in [0, 0.1) is 6.92 Å². The molecule has 3 amide bonds. The molecule has 0 N–H and O–H groups in total. The van der Waals surface area contributed by atoms with Gasteiger partial charge >= 0.3 is 6.03 Å². The van der Waals surface area contributed by atoms with Crippen molar-refractivity contribution in [1.82, 2.24) is 19.6 Å². The molecule has 1 aromatic rings. The lowest BCUT2D eigenvalue weighted by Gasteiger charge is -2.41. The minimum absolute atomic E-state index is 0.185. The van der Waals surface area contributed by atoms with Gasteiger partial charge in [-0.25, -0.2) is 9.79 Å². The summed E-state index contributed by atoms with van der Waals surface area (Å²) in [6, 6.07) is 7.05. The summed E-state index contributed by atoms with van der Waals surface area (Å²) in [5.74, 6) is 0.587. The van der Waals surface area contributed by atoms with E-state index in [0.29, 0.717) is 0 Å². The number of nitrogens with zero attached hydrogens (tertiary/aromatic N) is 5. The molecule has 3 aliphatic heterocycles. The average molecular weight is 367 g/mol. The van der Waals surface area contributed by atoms with Crippen molar-refractivity contribution < 1.29 is 9.59 Å². The SMILES string of the molecule is CCN1C2=NC3C(C(=O)N(Cc4ccccc4C)C(=O)N3C)N2C(C)=C1C. The first-order valence-electron chi connectivity index (χ1n) is 9.31. The van der Waals surface area contributed by atoms with Gasteiger partial charge in [0.05, 0.1) is 6.54 Å². The summed E-state index contributed by atoms with van der Waals surface area (Å²) in [6.07, 6.45) is -0.481. The summed E-state index contributed by atoms with van der Waals surface area (Å²) >= 11 is 0. The lowest BCUT2D eigenvalue weighted by Crippen LogP contribution is -2.64. The molecule has 7 nitrogen and oxygen atoms in total. The number of urea groups is 1. The quantitative estimate of drug-likeness (QED) is 0.823. The topological polar surface area (TPSA) is 59.5 Å². The summed E-state index contributed by atoms with van der Waals surface area (Å²) in [4.78, 5) is 38.1. The number of aliphatic imine (C=N–C) groups is 1.